The Hall–Kier alpha value is -3.17. The number of aromatic nitrogens is 1. The average molecular weight is 516 g/mol. The van der Waals surface area contributed by atoms with Crippen LogP contribution in [0.3, 0.4) is 0 Å². The number of amides is 3. The number of nitrogens with one attached hydrogen (secondary N) is 1. The zero-order chi connectivity index (χ0) is 24.9. The molecule has 35 heavy (non-hydrogen) atoms. The largest absolute Gasteiger partial charge is 0.366 e. The van der Waals surface area contributed by atoms with Crippen LogP contribution in [0.1, 0.15) is 29.3 Å². The minimum atomic E-state index is -0.269. The fourth-order valence-corrected chi connectivity index (χ4v) is 4.85. The summed E-state index contributed by atoms with van der Waals surface area (Å²) in [6.45, 7) is 6.20. The number of carbonyl (C=O) groups is 2. The number of urea groups is 1. The van der Waals surface area contributed by atoms with Crippen molar-refractivity contribution in [1.82, 2.24) is 14.8 Å². The van der Waals surface area contributed by atoms with Gasteiger partial charge in [-0.05, 0) is 44.2 Å². The fourth-order valence-electron chi connectivity index (χ4n) is 3.90. The minimum Gasteiger partial charge on any atom is -0.366 e. The van der Waals surface area contributed by atoms with Crippen LogP contribution in [0.4, 0.5) is 20.6 Å². The summed E-state index contributed by atoms with van der Waals surface area (Å²) in [5.74, 6) is -0.411. The molecule has 1 aliphatic heterocycles. The van der Waals surface area contributed by atoms with Crippen molar-refractivity contribution in [3.63, 3.8) is 0 Å². The molecule has 2 heterocycles. The highest BCUT2D eigenvalue weighted by Crippen LogP contribution is 2.22. The normalized spacial score (nSPS) is 13.7. The monoisotopic (exact) mass is 515 g/mol. The summed E-state index contributed by atoms with van der Waals surface area (Å²) in [6.07, 6.45) is 0. The van der Waals surface area contributed by atoms with Gasteiger partial charge >= 0.3 is 6.03 Å². The van der Waals surface area contributed by atoms with Crippen LogP contribution in [0.15, 0.2) is 53.9 Å². The molecule has 1 fully saturated rings. The topological polar surface area (TPSA) is 68.8 Å². The molecule has 4 rings (SSSR count). The van der Waals surface area contributed by atoms with Crippen molar-refractivity contribution in [3.8, 4) is 0 Å². The van der Waals surface area contributed by atoms with E-state index in [1.807, 2.05) is 24.8 Å². The number of rotatable bonds is 6. The molecule has 0 spiro atoms. The molecular weight excluding hydrogens is 489 g/mol. The van der Waals surface area contributed by atoms with E-state index in [9.17, 15) is 14.0 Å². The van der Waals surface area contributed by atoms with E-state index in [1.165, 1.54) is 17.4 Å². The lowest BCUT2D eigenvalue weighted by atomic mass is 10.2. The molecular formula is C25H27ClFN5O2S. The van der Waals surface area contributed by atoms with Crippen molar-refractivity contribution < 1.29 is 14.0 Å². The second-order valence-electron chi connectivity index (χ2n) is 8.52. The molecule has 3 aromatic rings. The summed E-state index contributed by atoms with van der Waals surface area (Å²) in [7, 11) is 0. The second-order valence-corrected chi connectivity index (χ2v) is 9.90. The van der Waals surface area contributed by atoms with Gasteiger partial charge in [-0.1, -0.05) is 29.8 Å². The number of halogens is 2. The van der Waals surface area contributed by atoms with Gasteiger partial charge in [0.2, 0.25) is 0 Å². The molecule has 1 aliphatic rings. The summed E-state index contributed by atoms with van der Waals surface area (Å²) < 4.78 is 14.1. The number of para-hydroxylation sites is 1. The van der Waals surface area contributed by atoms with Crippen LogP contribution in [0.2, 0.25) is 5.02 Å². The van der Waals surface area contributed by atoms with Crippen molar-refractivity contribution in [1.29, 1.82) is 0 Å². The van der Waals surface area contributed by atoms with E-state index in [2.05, 4.69) is 10.3 Å². The van der Waals surface area contributed by atoms with Gasteiger partial charge < -0.3 is 20.0 Å². The zero-order valence-corrected chi connectivity index (χ0v) is 21.2. The summed E-state index contributed by atoms with van der Waals surface area (Å²) in [4.78, 5) is 35.7. The first-order valence-electron chi connectivity index (χ1n) is 11.4. The van der Waals surface area contributed by atoms with E-state index in [0.29, 0.717) is 53.3 Å². The van der Waals surface area contributed by atoms with Gasteiger partial charge in [0.25, 0.3) is 5.91 Å². The van der Waals surface area contributed by atoms with Crippen LogP contribution in [0, 0.1) is 5.82 Å². The Labute approximate surface area is 213 Å². The summed E-state index contributed by atoms with van der Waals surface area (Å²) >= 11 is 7.37. The molecule has 1 aromatic heterocycles. The van der Waals surface area contributed by atoms with Gasteiger partial charge in [-0.3, -0.25) is 4.79 Å². The van der Waals surface area contributed by atoms with E-state index < -0.39 is 0 Å². The van der Waals surface area contributed by atoms with Crippen molar-refractivity contribution in [3.05, 3.63) is 75.5 Å². The molecule has 2 aromatic carbocycles. The number of hydrogen-bond donors (Lipinski definition) is 1. The van der Waals surface area contributed by atoms with Crippen molar-refractivity contribution in [2.75, 3.05) is 36.4 Å². The van der Waals surface area contributed by atoms with Crippen LogP contribution in [0.5, 0.6) is 0 Å². The quantitative estimate of drug-likeness (QED) is 0.481. The van der Waals surface area contributed by atoms with Crippen LogP contribution in [-0.4, -0.2) is 58.9 Å². The van der Waals surface area contributed by atoms with Crippen LogP contribution < -0.4 is 10.2 Å². The maximum Gasteiger partial charge on any atom is 0.322 e. The smallest absolute Gasteiger partial charge is 0.322 e. The predicted octanol–water partition coefficient (Wildman–Crippen LogP) is 5.34. The molecule has 3 amide bonds. The molecule has 0 aliphatic carbocycles. The fraction of sp³-hybridized carbons (Fsp3) is 0.320. The lowest BCUT2D eigenvalue weighted by Crippen LogP contribution is -2.49. The molecule has 7 nitrogen and oxygen atoms in total. The molecule has 0 saturated carbocycles. The highest BCUT2D eigenvalue weighted by molar-refractivity contribution is 7.09. The number of anilines is 2. The van der Waals surface area contributed by atoms with Gasteiger partial charge in [-0.25, -0.2) is 14.2 Å². The van der Waals surface area contributed by atoms with Gasteiger partial charge in [0.1, 0.15) is 16.5 Å². The highest BCUT2D eigenvalue weighted by atomic mass is 35.5. The van der Waals surface area contributed by atoms with Gasteiger partial charge in [-0.2, -0.15) is 0 Å². The Morgan fingerprint density at radius 2 is 1.89 bits per heavy atom. The predicted molar refractivity (Wildman–Crippen MR) is 138 cm³/mol. The van der Waals surface area contributed by atoms with E-state index in [0.717, 1.165) is 0 Å². The Bertz CT molecular complexity index is 1200. The maximum absolute atomic E-state index is 14.1. The third kappa shape index (κ3) is 6.10. The van der Waals surface area contributed by atoms with E-state index >= 15 is 0 Å². The first-order valence-corrected chi connectivity index (χ1v) is 12.6. The van der Waals surface area contributed by atoms with Crippen molar-refractivity contribution in [2.24, 2.45) is 0 Å². The third-order valence-corrected chi connectivity index (χ3v) is 6.87. The number of nitrogens with zero attached hydrogens (tertiary/aromatic N) is 4. The maximum atomic E-state index is 14.1. The zero-order valence-electron chi connectivity index (χ0n) is 19.6. The van der Waals surface area contributed by atoms with Gasteiger partial charge in [0, 0.05) is 48.3 Å². The molecule has 0 bridgehead atoms. The van der Waals surface area contributed by atoms with Gasteiger partial charge in [0.05, 0.1) is 12.2 Å². The first kappa shape index (κ1) is 24.9. The van der Waals surface area contributed by atoms with E-state index in [4.69, 9.17) is 11.6 Å². The Morgan fingerprint density at radius 3 is 2.57 bits per heavy atom. The van der Waals surface area contributed by atoms with Gasteiger partial charge in [-0.15, -0.1) is 11.3 Å². The van der Waals surface area contributed by atoms with E-state index in [1.54, 1.807) is 51.6 Å². The van der Waals surface area contributed by atoms with Crippen LogP contribution >= 0.6 is 22.9 Å². The number of hydrogen-bond acceptors (Lipinski definition) is 5. The minimum absolute atomic E-state index is 0.0799. The second kappa shape index (κ2) is 11.0. The SMILES string of the molecule is CC(C)N(Cc1nc(C(=O)N2CCN(c3ccccc3F)CC2)cs1)C(=O)Nc1cccc(Cl)c1. The third-order valence-electron chi connectivity index (χ3n) is 5.80. The van der Waals surface area contributed by atoms with E-state index in [-0.39, 0.29) is 30.3 Å². The Kier molecular flexibility index (Phi) is 7.87. The summed E-state index contributed by atoms with van der Waals surface area (Å²) in [5.41, 5.74) is 1.53. The standard InChI is InChI=1S/C25H27ClFN5O2S/c1-17(2)32(25(34)28-19-7-5-6-18(26)14-19)15-23-29-21(16-35-23)24(33)31-12-10-30(11-13-31)22-9-4-3-8-20(22)27/h3-9,14,16-17H,10-13,15H2,1-2H3,(H,28,34). The molecule has 10 heteroatoms. The van der Waals surface area contributed by atoms with Crippen LogP contribution in [0.25, 0.3) is 0 Å². The number of carbonyl (C=O) groups excluding carboxylic acids is 2. The van der Waals surface area contributed by atoms with Crippen molar-refractivity contribution >= 4 is 46.3 Å². The lowest BCUT2D eigenvalue weighted by molar-refractivity contribution is 0.0741. The highest BCUT2D eigenvalue weighted by Gasteiger charge is 2.26. The number of benzene rings is 2. The van der Waals surface area contributed by atoms with Crippen molar-refractivity contribution in [2.45, 2.75) is 26.4 Å². The molecule has 1 N–H and O–H groups in total. The number of thiazole rings is 1. The molecule has 1 saturated heterocycles. The Morgan fingerprint density at radius 1 is 1.14 bits per heavy atom. The van der Waals surface area contributed by atoms with Crippen LogP contribution in [-0.2, 0) is 6.54 Å². The lowest BCUT2D eigenvalue weighted by Gasteiger charge is -2.35. The van der Waals surface area contributed by atoms with Gasteiger partial charge in [0.15, 0.2) is 0 Å². The number of piperazine rings is 1. The molecule has 0 unspecified atom stereocenters. The molecule has 0 atom stereocenters. The first-order chi connectivity index (χ1) is 16.8. The Balaban J connectivity index is 1.36. The summed E-state index contributed by atoms with van der Waals surface area (Å²) in [5, 5.41) is 5.80. The molecule has 184 valence electrons. The summed E-state index contributed by atoms with van der Waals surface area (Å²) in [6, 6.07) is 13.3. The average Bonchev–Trinajstić information content (AvgIpc) is 3.31. The molecule has 0 radical (unpaired) electrons.